The van der Waals surface area contributed by atoms with E-state index in [1.165, 1.54) is 0 Å². The zero-order chi connectivity index (χ0) is 19.1. The number of carbonyl (C=O) groups excluding carboxylic acids is 1. The standard InChI is InChI=1S/C20H22FN5O.2ClH/c1-11(2)26-19-16(10-23-26)15(8-12(3)24-19)20(27)25-17-5-4-13-9-22-7-6-14(13)18(17)21;;/h4-5,8,10-11,22H,6-7,9H2,1-3H3,(H,25,27);2*1H. The van der Waals surface area contributed by atoms with Crippen molar-refractivity contribution in [2.75, 3.05) is 11.9 Å². The third kappa shape index (κ3) is 4.22. The molecule has 1 aliphatic rings. The van der Waals surface area contributed by atoms with E-state index in [1.807, 2.05) is 26.8 Å². The Hall–Kier alpha value is -2.22. The Morgan fingerprint density at radius 2 is 2.07 bits per heavy atom. The van der Waals surface area contributed by atoms with Crippen LogP contribution in [0.1, 0.15) is 47.1 Å². The van der Waals surface area contributed by atoms with Gasteiger partial charge in [-0.2, -0.15) is 5.10 Å². The van der Waals surface area contributed by atoms with Gasteiger partial charge in [0.05, 0.1) is 22.8 Å². The van der Waals surface area contributed by atoms with Crippen LogP contribution in [-0.2, 0) is 13.0 Å². The smallest absolute Gasteiger partial charge is 0.256 e. The third-order valence-corrected chi connectivity index (χ3v) is 4.88. The summed E-state index contributed by atoms with van der Waals surface area (Å²) in [7, 11) is 0. The molecular weight excluding hydrogens is 416 g/mol. The quantitative estimate of drug-likeness (QED) is 0.641. The zero-order valence-corrected chi connectivity index (χ0v) is 18.1. The number of fused-ring (bicyclic) bond motifs is 2. The van der Waals surface area contributed by atoms with Gasteiger partial charge in [0.15, 0.2) is 5.65 Å². The maximum atomic E-state index is 14.9. The highest BCUT2D eigenvalue weighted by Crippen LogP contribution is 2.26. The Balaban J connectivity index is 0.00000150. The number of rotatable bonds is 3. The summed E-state index contributed by atoms with van der Waals surface area (Å²) in [5, 5.41) is 11.0. The van der Waals surface area contributed by atoms with E-state index in [0.29, 0.717) is 40.8 Å². The predicted octanol–water partition coefficient (Wildman–Crippen LogP) is 4.20. The van der Waals surface area contributed by atoms with Gasteiger partial charge in [0.2, 0.25) is 0 Å². The van der Waals surface area contributed by atoms with Crippen LogP contribution in [0.3, 0.4) is 0 Å². The molecule has 3 heterocycles. The molecule has 0 saturated carbocycles. The van der Waals surface area contributed by atoms with Gasteiger partial charge in [-0.1, -0.05) is 6.07 Å². The van der Waals surface area contributed by atoms with Crippen LogP contribution in [0.4, 0.5) is 10.1 Å². The van der Waals surface area contributed by atoms with Crippen LogP contribution in [0.2, 0.25) is 0 Å². The lowest BCUT2D eigenvalue weighted by Gasteiger charge is -2.19. The highest BCUT2D eigenvalue weighted by Gasteiger charge is 2.20. The lowest BCUT2D eigenvalue weighted by atomic mass is 9.99. The Morgan fingerprint density at radius 1 is 1.31 bits per heavy atom. The van der Waals surface area contributed by atoms with E-state index in [2.05, 4.69) is 20.7 Å². The summed E-state index contributed by atoms with van der Waals surface area (Å²) < 4.78 is 16.6. The fourth-order valence-electron chi connectivity index (χ4n) is 3.53. The molecule has 0 unspecified atom stereocenters. The zero-order valence-electron chi connectivity index (χ0n) is 16.5. The average molecular weight is 440 g/mol. The molecule has 9 heteroatoms. The molecule has 2 aromatic heterocycles. The number of halogens is 3. The number of amides is 1. The number of pyridine rings is 1. The number of anilines is 1. The second-order valence-corrected chi connectivity index (χ2v) is 7.18. The Labute approximate surface area is 181 Å². The first-order valence-corrected chi connectivity index (χ1v) is 9.13. The number of hydrogen-bond acceptors (Lipinski definition) is 4. The van der Waals surface area contributed by atoms with E-state index in [1.54, 1.807) is 23.0 Å². The molecule has 4 rings (SSSR count). The van der Waals surface area contributed by atoms with Gasteiger partial charge < -0.3 is 10.6 Å². The second-order valence-electron chi connectivity index (χ2n) is 7.18. The SMILES string of the molecule is Cc1cc(C(=O)Nc2ccc3c(c2F)CCNC3)c2cnn(C(C)C)c2n1.Cl.Cl. The lowest BCUT2D eigenvalue weighted by molar-refractivity contribution is 0.102. The van der Waals surface area contributed by atoms with Crippen molar-refractivity contribution in [3.8, 4) is 0 Å². The number of aryl methyl sites for hydroxylation is 1. The van der Waals surface area contributed by atoms with Crippen LogP contribution in [0.15, 0.2) is 24.4 Å². The van der Waals surface area contributed by atoms with E-state index >= 15 is 0 Å². The van der Waals surface area contributed by atoms with Crippen molar-refractivity contribution < 1.29 is 9.18 Å². The highest BCUT2D eigenvalue weighted by molar-refractivity contribution is 6.12. The van der Waals surface area contributed by atoms with Crippen molar-refractivity contribution in [1.29, 1.82) is 0 Å². The molecule has 6 nitrogen and oxygen atoms in total. The summed E-state index contributed by atoms with van der Waals surface area (Å²) in [6.45, 7) is 7.24. The van der Waals surface area contributed by atoms with Crippen molar-refractivity contribution in [2.24, 2.45) is 0 Å². The van der Waals surface area contributed by atoms with Crippen molar-refractivity contribution in [1.82, 2.24) is 20.1 Å². The molecule has 29 heavy (non-hydrogen) atoms. The van der Waals surface area contributed by atoms with Crippen molar-refractivity contribution >= 4 is 47.4 Å². The van der Waals surface area contributed by atoms with Gasteiger partial charge in [-0.05, 0) is 57.0 Å². The Bertz CT molecular complexity index is 1050. The number of hydrogen-bond donors (Lipinski definition) is 2. The van der Waals surface area contributed by atoms with Gasteiger partial charge in [0.1, 0.15) is 5.82 Å². The fraction of sp³-hybridized carbons (Fsp3) is 0.350. The summed E-state index contributed by atoms with van der Waals surface area (Å²) in [5.74, 6) is -0.705. The number of carbonyl (C=O) groups is 1. The molecule has 2 N–H and O–H groups in total. The first kappa shape index (κ1) is 23.1. The molecule has 1 aromatic carbocycles. The van der Waals surface area contributed by atoms with E-state index in [9.17, 15) is 9.18 Å². The van der Waals surface area contributed by atoms with Gasteiger partial charge in [-0.15, -0.1) is 24.8 Å². The molecule has 0 aliphatic carbocycles. The minimum absolute atomic E-state index is 0. The fourth-order valence-corrected chi connectivity index (χ4v) is 3.53. The van der Waals surface area contributed by atoms with Gasteiger partial charge in [-0.3, -0.25) is 4.79 Å². The van der Waals surface area contributed by atoms with E-state index in [4.69, 9.17) is 0 Å². The third-order valence-electron chi connectivity index (χ3n) is 4.88. The summed E-state index contributed by atoms with van der Waals surface area (Å²) in [5.41, 5.74) is 3.65. The first-order valence-electron chi connectivity index (χ1n) is 9.13. The molecule has 156 valence electrons. The average Bonchev–Trinajstić information content (AvgIpc) is 3.07. The van der Waals surface area contributed by atoms with E-state index in [0.717, 1.165) is 12.1 Å². The Morgan fingerprint density at radius 3 is 2.79 bits per heavy atom. The second kappa shape index (κ2) is 9.07. The minimum atomic E-state index is -0.360. The van der Waals surface area contributed by atoms with Crippen LogP contribution in [0.25, 0.3) is 11.0 Å². The van der Waals surface area contributed by atoms with E-state index < -0.39 is 0 Å². The molecule has 1 aliphatic heterocycles. The van der Waals surface area contributed by atoms with Gasteiger partial charge in [-0.25, -0.2) is 14.1 Å². The molecule has 0 radical (unpaired) electrons. The monoisotopic (exact) mass is 439 g/mol. The van der Waals surface area contributed by atoms with Crippen molar-refractivity contribution in [3.05, 3.63) is 52.6 Å². The lowest BCUT2D eigenvalue weighted by Crippen LogP contribution is -2.25. The normalized spacial score (nSPS) is 12.9. The number of nitrogens with zero attached hydrogens (tertiary/aromatic N) is 3. The summed E-state index contributed by atoms with van der Waals surface area (Å²) >= 11 is 0. The minimum Gasteiger partial charge on any atom is -0.319 e. The summed E-state index contributed by atoms with van der Waals surface area (Å²) in [6.07, 6.45) is 2.26. The van der Waals surface area contributed by atoms with Gasteiger partial charge >= 0.3 is 0 Å². The molecule has 0 spiro atoms. The largest absolute Gasteiger partial charge is 0.319 e. The van der Waals surface area contributed by atoms with Crippen LogP contribution >= 0.6 is 24.8 Å². The molecule has 0 saturated heterocycles. The molecule has 1 amide bonds. The first-order chi connectivity index (χ1) is 13.0. The van der Waals surface area contributed by atoms with E-state index in [-0.39, 0.29) is 48.3 Å². The maximum absolute atomic E-state index is 14.9. The van der Waals surface area contributed by atoms with Crippen LogP contribution < -0.4 is 10.6 Å². The number of nitrogens with one attached hydrogen (secondary N) is 2. The molecular formula is C20H24Cl2FN5O. The maximum Gasteiger partial charge on any atom is 0.256 e. The molecule has 0 bridgehead atoms. The van der Waals surface area contributed by atoms with Gasteiger partial charge in [0.25, 0.3) is 5.91 Å². The summed E-state index contributed by atoms with van der Waals surface area (Å²) in [6, 6.07) is 5.33. The topological polar surface area (TPSA) is 71.8 Å². The predicted molar refractivity (Wildman–Crippen MR) is 117 cm³/mol. The molecule has 3 aromatic rings. The van der Waals surface area contributed by atoms with Crippen LogP contribution in [0, 0.1) is 12.7 Å². The van der Waals surface area contributed by atoms with Gasteiger partial charge in [0, 0.05) is 18.3 Å². The van der Waals surface area contributed by atoms with Crippen LogP contribution in [-0.4, -0.2) is 27.2 Å². The summed E-state index contributed by atoms with van der Waals surface area (Å²) in [4.78, 5) is 17.4. The number of benzene rings is 1. The highest BCUT2D eigenvalue weighted by atomic mass is 35.5. The Kier molecular flexibility index (Phi) is 7.21. The van der Waals surface area contributed by atoms with Crippen molar-refractivity contribution in [3.63, 3.8) is 0 Å². The van der Waals surface area contributed by atoms with Crippen LogP contribution in [0.5, 0.6) is 0 Å². The molecule has 0 atom stereocenters. The van der Waals surface area contributed by atoms with Crippen molar-refractivity contribution in [2.45, 2.75) is 39.8 Å². The number of aromatic nitrogens is 3. The molecule has 0 fully saturated rings.